The molecule has 0 fully saturated rings. The van der Waals surface area contributed by atoms with Crippen LogP contribution < -0.4 is 0 Å². The van der Waals surface area contributed by atoms with E-state index in [4.69, 9.17) is 8.85 Å². The molecule has 0 amide bonds. The third kappa shape index (κ3) is 4.80. The van der Waals surface area contributed by atoms with Gasteiger partial charge in [-0.2, -0.15) is 0 Å². The zero-order chi connectivity index (χ0) is 16.0. The fourth-order valence-corrected chi connectivity index (χ4v) is 5.42. The van der Waals surface area contributed by atoms with Crippen molar-refractivity contribution in [3.63, 3.8) is 0 Å². The molecule has 2 rings (SSSR count). The van der Waals surface area contributed by atoms with Gasteiger partial charge in [-0.3, -0.25) is 0 Å². The first kappa shape index (κ1) is 17.5. The summed E-state index contributed by atoms with van der Waals surface area (Å²) < 4.78 is 12.8. The summed E-state index contributed by atoms with van der Waals surface area (Å²) in [4.78, 5) is 0. The molecule has 0 aromatic heterocycles. The largest absolute Gasteiger partial charge is 0.394 e. The molecule has 0 heterocycles. The Labute approximate surface area is 137 Å². The maximum Gasteiger partial charge on any atom is 0.322 e. The van der Waals surface area contributed by atoms with Crippen molar-refractivity contribution in [2.75, 3.05) is 0 Å². The minimum atomic E-state index is -1.65. The Bertz CT molecular complexity index is 440. The van der Waals surface area contributed by atoms with Crippen LogP contribution in [-0.4, -0.2) is 21.0 Å². The van der Waals surface area contributed by atoms with E-state index < -0.39 is 9.28 Å². The number of allylic oxidation sites excluding steroid dienone is 6. The second-order valence-corrected chi connectivity index (χ2v) is 8.71. The van der Waals surface area contributed by atoms with Gasteiger partial charge in [0, 0.05) is 12.0 Å². The molecular weight excluding hydrogens is 288 g/mol. The van der Waals surface area contributed by atoms with Gasteiger partial charge in [-0.25, -0.2) is 0 Å². The minimum Gasteiger partial charge on any atom is -0.394 e. The summed E-state index contributed by atoms with van der Waals surface area (Å²) in [6.07, 6.45) is 20.0. The molecule has 0 saturated carbocycles. The minimum absolute atomic E-state index is 0.186. The smallest absolute Gasteiger partial charge is 0.322 e. The molecule has 0 N–H and O–H groups in total. The van der Waals surface area contributed by atoms with Crippen LogP contribution in [0, 0.1) is 11.8 Å². The molecule has 2 nitrogen and oxygen atoms in total. The van der Waals surface area contributed by atoms with Crippen LogP contribution in [0.15, 0.2) is 48.6 Å². The van der Waals surface area contributed by atoms with Crippen LogP contribution in [0.3, 0.4) is 0 Å². The maximum absolute atomic E-state index is 6.68. The molecule has 2 aliphatic carbocycles. The summed E-state index contributed by atoms with van der Waals surface area (Å²) in [5.74, 6) is 0.820. The lowest BCUT2D eigenvalue weighted by Gasteiger charge is -2.39. The van der Waals surface area contributed by atoms with E-state index in [0.717, 1.165) is 18.9 Å². The van der Waals surface area contributed by atoms with E-state index in [1.807, 2.05) is 0 Å². The summed E-state index contributed by atoms with van der Waals surface area (Å²) in [6.45, 7) is 8.68. The Morgan fingerprint density at radius 3 is 2.18 bits per heavy atom. The fraction of sp³-hybridized carbons (Fsp3) is 0.579. The SMILES string of the molecule is CCC[SiH](OC(C)C)OC(C)(CC1C=CC=C1)C1C=CC=C1. The fourth-order valence-electron chi connectivity index (χ4n) is 3.18. The monoisotopic (exact) mass is 318 g/mol. The lowest BCUT2D eigenvalue weighted by Crippen LogP contribution is -2.44. The molecule has 3 heteroatoms. The van der Waals surface area contributed by atoms with Crippen LogP contribution in [0.2, 0.25) is 6.04 Å². The van der Waals surface area contributed by atoms with Gasteiger partial charge in [-0.05, 0) is 39.2 Å². The van der Waals surface area contributed by atoms with Crippen LogP contribution in [-0.2, 0) is 8.85 Å². The van der Waals surface area contributed by atoms with E-state index in [0.29, 0.717) is 11.8 Å². The van der Waals surface area contributed by atoms with Crippen molar-refractivity contribution >= 4 is 9.28 Å². The first-order chi connectivity index (χ1) is 10.5. The van der Waals surface area contributed by atoms with Gasteiger partial charge >= 0.3 is 9.28 Å². The molecular formula is C19H30O2Si. The second kappa shape index (κ2) is 8.09. The lowest BCUT2D eigenvalue weighted by atomic mass is 9.82. The quantitative estimate of drug-likeness (QED) is 0.574. The third-order valence-corrected chi connectivity index (χ3v) is 6.97. The highest BCUT2D eigenvalue weighted by atomic mass is 28.3. The lowest BCUT2D eigenvalue weighted by molar-refractivity contribution is 0.00974. The topological polar surface area (TPSA) is 18.5 Å². The van der Waals surface area contributed by atoms with Gasteiger partial charge in [0.05, 0.1) is 5.60 Å². The Hall–Kier alpha value is -0.903. The van der Waals surface area contributed by atoms with Crippen molar-refractivity contribution in [2.45, 2.75) is 58.3 Å². The van der Waals surface area contributed by atoms with E-state index in [9.17, 15) is 0 Å². The van der Waals surface area contributed by atoms with Crippen LogP contribution in [0.1, 0.15) is 40.5 Å². The first-order valence-electron chi connectivity index (χ1n) is 8.57. The average Bonchev–Trinajstić information content (AvgIpc) is 3.10. The van der Waals surface area contributed by atoms with E-state index in [1.165, 1.54) is 0 Å². The van der Waals surface area contributed by atoms with Crippen molar-refractivity contribution in [3.05, 3.63) is 48.6 Å². The molecule has 2 atom stereocenters. The zero-order valence-corrected chi connectivity index (χ0v) is 15.5. The van der Waals surface area contributed by atoms with Crippen LogP contribution >= 0.6 is 0 Å². The maximum atomic E-state index is 6.68. The van der Waals surface area contributed by atoms with Crippen molar-refractivity contribution in [1.82, 2.24) is 0 Å². The van der Waals surface area contributed by atoms with Crippen LogP contribution in [0.25, 0.3) is 0 Å². The number of hydrogen-bond donors (Lipinski definition) is 0. The van der Waals surface area contributed by atoms with Crippen molar-refractivity contribution in [3.8, 4) is 0 Å². The summed E-state index contributed by atoms with van der Waals surface area (Å²) in [7, 11) is -1.65. The van der Waals surface area contributed by atoms with Gasteiger partial charge in [0.15, 0.2) is 0 Å². The molecule has 0 saturated heterocycles. The molecule has 2 unspecified atom stereocenters. The predicted octanol–water partition coefficient (Wildman–Crippen LogP) is 4.69. The van der Waals surface area contributed by atoms with E-state index in [1.54, 1.807) is 0 Å². The highest BCUT2D eigenvalue weighted by Crippen LogP contribution is 2.36. The summed E-state index contributed by atoms with van der Waals surface area (Å²) in [6, 6.07) is 1.07. The van der Waals surface area contributed by atoms with E-state index in [2.05, 4.69) is 76.3 Å². The second-order valence-electron chi connectivity index (χ2n) is 6.77. The third-order valence-electron chi connectivity index (χ3n) is 4.27. The average molecular weight is 319 g/mol. The van der Waals surface area contributed by atoms with Gasteiger partial charge in [0.1, 0.15) is 0 Å². The molecule has 0 aromatic rings. The van der Waals surface area contributed by atoms with Crippen LogP contribution in [0.4, 0.5) is 0 Å². The molecule has 2 aliphatic rings. The molecule has 0 radical (unpaired) electrons. The molecule has 0 bridgehead atoms. The molecule has 22 heavy (non-hydrogen) atoms. The number of hydrogen-bond acceptors (Lipinski definition) is 2. The predicted molar refractivity (Wildman–Crippen MR) is 96.1 cm³/mol. The van der Waals surface area contributed by atoms with Gasteiger partial charge in [0.2, 0.25) is 0 Å². The Morgan fingerprint density at radius 1 is 1.05 bits per heavy atom. The highest BCUT2D eigenvalue weighted by molar-refractivity contribution is 6.44. The Morgan fingerprint density at radius 2 is 1.64 bits per heavy atom. The standard InChI is InChI=1S/C19H30O2Si/c1-5-14-22(20-16(2)3)21-19(4,18-12-8-9-13-18)15-17-10-6-7-11-17/h6-13,16-18,22H,5,14-15H2,1-4H3. The van der Waals surface area contributed by atoms with Gasteiger partial charge in [-0.15, -0.1) is 0 Å². The molecule has 0 aromatic carbocycles. The summed E-state index contributed by atoms with van der Waals surface area (Å²) in [5.41, 5.74) is -0.186. The van der Waals surface area contributed by atoms with Crippen molar-refractivity contribution < 1.29 is 8.85 Å². The Kier molecular flexibility index (Phi) is 6.42. The normalized spacial score (nSPS) is 22.0. The first-order valence-corrected chi connectivity index (χ1v) is 10.3. The molecule has 122 valence electrons. The van der Waals surface area contributed by atoms with E-state index >= 15 is 0 Å². The summed E-state index contributed by atoms with van der Waals surface area (Å²) in [5, 5.41) is 0. The van der Waals surface area contributed by atoms with Crippen molar-refractivity contribution in [2.24, 2.45) is 11.8 Å². The zero-order valence-electron chi connectivity index (χ0n) is 14.4. The molecule has 0 aliphatic heterocycles. The molecule has 0 spiro atoms. The number of rotatable bonds is 9. The Balaban J connectivity index is 2.11. The van der Waals surface area contributed by atoms with Gasteiger partial charge in [-0.1, -0.05) is 62.0 Å². The highest BCUT2D eigenvalue weighted by Gasteiger charge is 2.38. The summed E-state index contributed by atoms with van der Waals surface area (Å²) >= 11 is 0. The van der Waals surface area contributed by atoms with E-state index in [-0.39, 0.29) is 11.7 Å². The van der Waals surface area contributed by atoms with Crippen molar-refractivity contribution in [1.29, 1.82) is 0 Å². The van der Waals surface area contributed by atoms with Gasteiger partial charge < -0.3 is 8.85 Å². The van der Waals surface area contributed by atoms with Crippen LogP contribution in [0.5, 0.6) is 0 Å². The van der Waals surface area contributed by atoms with Gasteiger partial charge in [0.25, 0.3) is 0 Å².